The number of phenols is 1. The zero-order valence-corrected chi connectivity index (χ0v) is 12.0. The van der Waals surface area contributed by atoms with E-state index in [1.807, 2.05) is 13.8 Å². The van der Waals surface area contributed by atoms with Crippen LogP contribution in [0.2, 0.25) is 0 Å². The highest BCUT2D eigenvalue weighted by Crippen LogP contribution is 2.33. The molecule has 1 aliphatic rings. The van der Waals surface area contributed by atoms with Crippen molar-refractivity contribution < 1.29 is 14.2 Å². The summed E-state index contributed by atoms with van der Waals surface area (Å²) < 4.78 is 18.9. The molecule has 0 aromatic heterocycles. The first-order chi connectivity index (χ1) is 8.78. The summed E-state index contributed by atoms with van der Waals surface area (Å²) in [5, 5.41) is 9.89. The summed E-state index contributed by atoms with van der Waals surface area (Å²) in [4.78, 5) is 2.27. The Balaban J connectivity index is 2.21. The third-order valence-electron chi connectivity index (χ3n) is 3.59. The SMILES string of the molecule is CC1CN(C(C)c2ccc(F)cc2O)CC(C)(C)O1. The average molecular weight is 267 g/mol. The number of ether oxygens (including phenoxy) is 1. The molecule has 2 rings (SSSR count). The van der Waals surface area contributed by atoms with Crippen LogP contribution >= 0.6 is 0 Å². The van der Waals surface area contributed by atoms with E-state index >= 15 is 0 Å². The molecule has 4 heteroatoms. The lowest BCUT2D eigenvalue weighted by Crippen LogP contribution is -2.52. The zero-order chi connectivity index (χ0) is 14.2. The maximum absolute atomic E-state index is 13.0. The van der Waals surface area contributed by atoms with E-state index < -0.39 is 5.82 Å². The second-order valence-corrected chi connectivity index (χ2v) is 6.00. The Labute approximate surface area is 114 Å². The maximum Gasteiger partial charge on any atom is 0.126 e. The van der Waals surface area contributed by atoms with Crippen molar-refractivity contribution in [1.82, 2.24) is 4.90 Å². The number of rotatable bonds is 2. The van der Waals surface area contributed by atoms with Gasteiger partial charge in [-0.2, -0.15) is 0 Å². The van der Waals surface area contributed by atoms with Crippen LogP contribution in [0, 0.1) is 5.82 Å². The predicted octanol–water partition coefficient (Wildman–Crippen LogP) is 3.09. The highest BCUT2D eigenvalue weighted by atomic mass is 19.1. The summed E-state index contributed by atoms with van der Waals surface area (Å²) in [5.41, 5.74) is 0.549. The highest BCUT2D eigenvalue weighted by molar-refractivity contribution is 5.35. The molecule has 19 heavy (non-hydrogen) atoms. The molecule has 3 nitrogen and oxygen atoms in total. The molecule has 0 amide bonds. The number of hydrogen-bond acceptors (Lipinski definition) is 3. The molecule has 2 atom stereocenters. The summed E-state index contributed by atoms with van der Waals surface area (Å²) >= 11 is 0. The van der Waals surface area contributed by atoms with E-state index in [9.17, 15) is 9.50 Å². The fourth-order valence-corrected chi connectivity index (χ4v) is 2.86. The number of aromatic hydroxyl groups is 1. The Morgan fingerprint density at radius 2 is 2.16 bits per heavy atom. The van der Waals surface area contributed by atoms with Crippen LogP contribution in [0.25, 0.3) is 0 Å². The molecule has 106 valence electrons. The molecule has 1 aliphatic heterocycles. The Morgan fingerprint density at radius 1 is 1.47 bits per heavy atom. The van der Waals surface area contributed by atoms with E-state index in [4.69, 9.17) is 4.74 Å². The zero-order valence-electron chi connectivity index (χ0n) is 12.0. The van der Waals surface area contributed by atoms with Crippen molar-refractivity contribution >= 4 is 0 Å². The van der Waals surface area contributed by atoms with Crippen molar-refractivity contribution in [3.63, 3.8) is 0 Å². The Bertz CT molecular complexity index is 461. The number of morpholine rings is 1. The van der Waals surface area contributed by atoms with Crippen molar-refractivity contribution in [2.75, 3.05) is 13.1 Å². The van der Waals surface area contributed by atoms with Crippen LogP contribution < -0.4 is 0 Å². The van der Waals surface area contributed by atoms with Gasteiger partial charge >= 0.3 is 0 Å². The fraction of sp³-hybridized carbons (Fsp3) is 0.600. The lowest BCUT2D eigenvalue weighted by molar-refractivity contribution is -0.137. The second-order valence-electron chi connectivity index (χ2n) is 6.00. The van der Waals surface area contributed by atoms with E-state index in [-0.39, 0.29) is 23.5 Å². The molecule has 1 heterocycles. The van der Waals surface area contributed by atoms with Gasteiger partial charge in [-0.15, -0.1) is 0 Å². The first-order valence-electron chi connectivity index (χ1n) is 6.69. The van der Waals surface area contributed by atoms with Gasteiger partial charge in [-0.25, -0.2) is 4.39 Å². The normalized spacial score (nSPS) is 25.2. The lowest BCUT2D eigenvalue weighted by atomic mass is 10.00. The smallest absolute Gasteiger partial charge is 0.126 e. The van der Waals surface area contributed by atoms with Gasteiger partial charge in [0.25, 0.3) is 0 Å². The molecule has 2 unspecified atom stereocenters. The second kappa shape index (κ2) is 5.10. The molecule has 0 spiro atoms. The largest absolute Gasteiger partial charge is 0.508 e. The summed E-state index contributed by atoms with van der Waals surface area (Å²) in [6, 6.07) is 4.25. The minimum atomic E-state index is -0.413. The minimum absolute atomic E-state index is 0.0180. The number of nitrogens with zero attached hydrogens (tertiary/aromatic N) is 1. The van der Waals surface area contributed by atoms with Gasteiger partial charge in [0.15, 0.2) is 0 Å². The summed E-state index contributed by atoms with van der Waals surface area (Å²) in [6.45, 7) is 9.79. The molecular formula is C15H22FNO2. The number of hydrogen-bond donors (Lipinski definition) is 1. The Hall–Kier alpha value is -1.13. The molecule has 1 aromatic rings. The van der Waals surface area contributed by atoms with Crippen molar-refractivity contribution in [3.8, 4) is 5.75 Å². The van der Waals surface area contributed by atoms with Gasteiger partial charge < -0.3 is 9.84 Å². The Kier molecular flexibility index (Phi) is 3.83. The molecule has 1 fully saturated rings. The van der Waals surface area contributed by atoms with Gasteiger partial charge in [-0.05, 0) is 33.8 Å². The molecular weight excluding hydrogens is 245 g/mol. The van der Waals surface area contributed by atoms with E-state index in [0.717, 1.165) is 18.7 Å². The van der Waals surface area contributed by atoms with Crippen LogP contribution in [0.5, 0.6) is 5.75 Å². The van der Waals surface area contributed by atoms with Crippen LogP contribution in [0.3, 0.4) is 0 Å². The molecule has 0 saturated carbocycles. The molecule has 1 saturated heterocycles. The van der Waals surface area contributed by atoms with Crippen molar-refractivity contribution in [3.05, 3.63) is 29.6 Å². The molecule has 0 bridgehead atoms. The van der Waals surface area contributed by atoms with Crippen LogP contribution in [0.4, 0.5) is 4.39 Å². The molecule has 1 aromatic carbocycles. The van der Waals surface area contributed by atoms with Gasteiger partial charge in [0.05, 0.1) is 11.7 Å². The van der Waals surface area contributed by atoms with Crippen LogP contribution in [0.1, 0.15) is 39.3 Å². The van der Waals surface area contributed by atoms with Gasteiger partial charge in [0, 0.05) is 30.8 Å². The third kappa shape index (κ3) is 3.25. The van der Waals surface area contributed by atoms with Gasteiger partial charge in [-0.3, -0.25) is 4.90 Å². The minimum Gasteiger partial charge on any atom is -0.508 e. The van der Waals surface area contributed by atoms with Crippen molar-refractivity contribution in [2.24, 2.45) is 0 Å². The van der Waals surface area contributed by atoms with Crippen molar-refractivity contribution in [2.45, 2.75) is 45.4 Å². The van der Waals surface area contributed by atoms with Gasteiger partial charge in [0.1, 0.15) is 11.6 Å². The summed E-state index contributed by atoms with van der Waals surface area (Å²) in [5.74, 6) is -0.395. The van der Waals surface area contributed by atoms with E-state index in [0.29, 0.717) is 0 Å². The fourth-order valence-electron chi connectivity index (χ4n) is 2.86. The standard InChI is InChI=1S/C15H22FNO2/c1-10-8-17(9-15(3,4)19-10)11(2)13-6-5-12(16)7-14(13)18/h5-7,10-11,18H,8-9H2,1-4H3. The average Bonchev–Trinajstić information content (AvgIpc) is 2.25. The van der Waals surface area contributed by atoms with Crippen LogP contribution in [-0.2, 0) is 4.74 Å². The first kappa shape index (κ1) is 14.3. The van der Waals surface area contributed by atoms with E-state index in [1.54, 1.807) is 6.07 Å². The predicted molar refractivity (Wildman–Crippen MR) is 72.7 cm³/mol. The molecule has 0 radical (unpaired) electrons. The molecule has 0 aliphatic carbocycles. The van der Waals surface area contributed by atoms with Crippen LogP contribution in [-0.4, -0.2) is 34.8 Å². The number of halogens is 1. The summed E-state index contributed by atoms with van der Waals surface area (Å²) in [6.07, 6.45) is 0.147. The maximum atomic E-state index is 13.0. The summed E-state index contributed by atoms with van der Waals surface area (Å²) in [7, 11) is 0. The van der Waals surface area contributed by atoms with E-state index in [2.05, 4.69) is 18.7 Å². The highest BCUT2D eigenvalue weighted by Gasteiger charge is 2.34. The monoisotopic (exact) mass is 267 g/mol. The topological polar surface area (TPSA) is 32.7 Å². The molecule has 1 N–H and O–H groups in total. The first-order valence-corrected chi connectivity index (χ1v) is 6.69. The van der Waals surface area contributed by atoms with Gasteiger partial charge in [0.2, 0.25) is 0 Å². The number of phenolic OH excluding ortho intramolecular Hbond substituents is 1. The van der Waals surface area contributed by atoms with Crippen LogP contribution in [0.15, 0.2) is 18.2 Å². The third-order valence-corrected chi connectivity index (χ3v) is 3.59. The lowest BCUT2D eigenvalue weighted by Gasteiger charge is -2.44. The van der Waals surface area contributed by atoms with E-state index in [1.165, 1.54) is 12.1 Å². The van der Waals surface area contributed by atoms with Crippen molar-refractivity contribution in [1.29, 1.82) is 0 Å². The number of benzene rings is 1. The Morgan fingerprint density at radius 3 is 2.74 bits per heavy atom. The van der Waals surface area contributed by atoms with Gasteiger partial charge in [-0.1, -0.05) is 6.07 Å². The quantitative estimate of drug-likeness (QED) is 0.893.